The van der Waals surface area contributed by atoms with Gasteiger partial charge in [0.15, 0.2) is 0 Å². The summed E-state index contributed by atoms with van der Waals surface area (Å²) in [7, 11) is 0. The van der Waals surface area contributed by atoms with E-state index in [0.717, 1.165) is 17.0 Å². The summed E-state index contributed by atoms with van der Waals surface area (Å²) in [6, 6.07) is 6.84. The summed E-state index contributed by atoms with van der Waals surface area (Å²) in [5.41, 5.74) is 2.34. The van der Waals surface area contributed by atoms with E-state index < -0.39 is 12.0 Å². The molecule has 2 aromatic rings. The number of fused-ring (bicyclic) bond motifs is 1. The minimum atomic E-state index is -0.991. The van der Waals surface area contributed by atoms with E-state index >= 15 is 0 Å². The van der Waals surface area contributed by atoms with Gasteiger partial charge in [-0.2, -0.15) is 0 Å². The second-order valence-corrected chi connectivity index (χ2v) is 9.68. The number of rotatable bonds is 7. The van der Waals surface area contributed by atoms with E-state index in [1.807, 2.05) is 49.6 Å². The van der Waals surface area contributed by atoms with Crippen LogP contribution in [-0.4, -0.2) is 49.9 Å². The monoisotopic (exact) mass is 460 g/mol. The Balaban J connectivity index is 1.86. The Hall–Kier alpha value is -2.87. The van der Waals surface area contributed by atoms with Crippen LogP contribution >= 0.6 is 11.6 Å². The molecule has 2 N–H and O–H groups in total. The SMILES string of the molecule is CC(C)(C)CC(=O)N1Cc2c(ncn2Cc2ccccc2Cl)CC1C(=O)NCCC(=O)O. The number of aromatic nitrogens is 2. The van der Waals surface area contributed by atoms with E-state index in [2.05, 4.69) is 10.3 Å². The van der Waals surface area contributed by atoms with Crippen molar-refractivity contribution in [2.45, 2.75) is 59.2 Å². The first-order valence-corrected chi connectivity index (χ1v) is 11.0. The van der Waals surface area contributed by atoms with Crippen molar-refractivity contribution in [2.75, 3.05) is 6.54 Å². The van der Waals surface area contributed by atoms with E-state index in [1.54, 1.807) is 11.2 Å². The summed E-state index contributed by atoms with van der Waals surface area (Å²) in [4.78, 5) is 42.9. The van der Waals surface area contributed by atoms with E-state index in [0.29, 0.717) is 18.0 Å². The molecule has 1 aliphatic rings. The molecule has 0 radical (unpaired) electrons. The summed E-state index contributed by atoms with van der Waals surface area (Å²) in [6.07, 6.45) is 2.11. The molecule has 32 heavy (non-hydrogen) atoms. The molecular weight excluding hydrogens is 432 g/mol. The van der Waals surface area contributed by atoms with Crippen LogP contribution in [0.1, 0.15) is 50.6 Å². The number of amides is 2. The molecule has 1 atom stereocenters. The zero-order valence-electron chi connectivity index (χ0n) is 18.6. The van der Waals surface area contributed by atoms with Crippen molar-refractivity contribution in [1.29, 1.82) is 0 Å². The Morgan fingerprint density at radius 3 is 2.62 bits per heavy atom. The summed E-state index contributed by atoms with van der Waals surface area (Å²) < 4.78 is 1.96. The quantitative estimate of drug-likeness (QED) is 0.661. The maximum Gasteiger partial charge on any atom is 0.305 e. The third-order valence-electron chi connectivity index (χ3n) is 5.36. The first-order chi connectivity index (χ1) is 15.0. The van der Waals surface area contributed by atoms with E-state index in [4.69, 9.17) is 16.7 Å². The fourth-order valence-electron chi connectivity index (χ4n) is 3.78. The molecule has 2 amide bonds. The number of benzene rings is 1. The molecule has 0 spiro atoms. The lowest BCUT2D eigenvalue weighted by atomic mass is 9.90. The third-order valence-corrected chi connectivity index (χ3v) is 5.73. The summed E-state index contributed by atoms with van der Waals surface area (Å²) in [5.74, 6) is -1.47. The molecule has 2 heterocycles. The Kier molecular flexibility index (Phi) is 7.23. The van der Waals surface area contributed by atoms with Crippen LogP contribution < -0.4 is 5.32 Å². The minimum Gasteiger partial charge on any atom is -0.481 e. The summed E-state index contributed by atoms with van der Waals surface area (Å²) >= 11 is 6.32. The topological polar surface area (TPSA) is 105 Å². The van der Waals surface area contributed by atoms with Crippen molar-refractivity contribution in [2.24, 2.45) is 5.41 Å². The van der Waals surface area contributed by atoms with E-state index in [1.165, 1.54) is 0 Å². The van der Waals surface area contributed by atoms with Gasteiger partial charge in [0.05, 0.1) is 37.2 Å². The second-order valence-electron chi connectivity index (χ2n) is 9.27. The van der Waals surface area contributed by atoms with E-state index in [9.17, 15) is 14.4 Å². The summed E-state index contributed by atoms with van der Waals surface area (Å²) in [6.45, 7) is 6.71. The van der Waals surface area contributed by atoms with Gasteiger partial charge < -0.3 is 19.9 Å². The molecule has 1 aromatic carbocycles. The third kappa shape index (κ3) is 5.88. The number of hydrogen-bond acceptors (Lipinski definition) is 4. The number of hydrogen-bond donors (Lipinski definition) is 2. The average Bonchev–Trinajstić information content (AvgIpc) is 3.09. The second kappa shape index (κ2) is 9.73. The number of carboxylic acids is 1. The van der Waals surface area contributed by atoms with Gasteiger partial charge in [-0.1, -0.05) is 50.6 Å². The number of carbonyl (C=O) groups is 3. The maximum atomic E-state index is 13.2. The first kappa shape index (κ1) is 23.8. The first-order valence-electron chi connectivity index (χ1n) is 10.6. The molecule has 9 heteroatoms. The van der Waals surface area contributed by atoms with Crippen molar-refractivity contribution in [3.8, 4) is 0 Å². The predicted octanol–water partition coefficient (Wildman–Crippen LogP) is 2.87. The molecule has 0 saturated carbocycles. The lowest BCUT2D eigenvalue weighted by Gasteiger charge is -2.36. The van der Waals surface area contributed by atoms with Gasteiger partial charge >= 0.3 is 5.97 Å². The normalized spacial score (nSPS) is 15.9. The fraction of sp³-hybridized carbons (Fsp3) is 0.478. The number of aliphatic carboxylic acids is 1. The van der Waals surface area contributed by atoms with Gasteiger partial charge in [-0.15, -0.1) is 0 Å². The van der Waals surface area contributed by atoms with Crippen molar-refractivity contribution in [1.82, 2.24) is 19.8 Å². The Bertz CT molecular complexity index is 1010. The van der Waals surface area contributed by atoms with Crippen LogP contribution in [0.3, 0.4) is 0 Å². The van der Waals surface area contributed by atoms with Crippen molar-refractivity contribution >= 4 is 29.4 Å². The Morgan fingerprint density at radius 1 is 1.25 bits per heavy atom. The highest BCUT2D eigenvalue weighted by Crippen LogP contribution is 2.28. The number of carboxylic acid groups (broad SMARTS) is 1. The van der Waals surface area contributed by atoms with Crippen molar-refractivity contribution in [3.05, 3.63) is 52.6 Å². The molecule has 1 aromatic heterocycles. The molecule has 8 nitrogen and oxygen atoms in total. The molecule has 172 valence electrons. The smallest absolute Gasteiger partial charge is 0.305 e. The van der Waals surface area contributed by atoms with Gasteiger partial charge in [0.25, 0.3) is 0 Å². The minimum absolute atomic E-state index is 0.0137. The molecule has 0 saturated heterocycles. The molecule has 1 unspecified atom stereocenters. The molecule has 1 aliphatic heterocycles. The fourth-order valence-corrected chi connectivity index (χ4v) is 3.97. The highest BCUT2D eigenvalue weighted by molar-refractivity contribution is 6.31. The standard InChI is InChI=1S/C23H29ClN4O4/c1-23(2,3)11-20(29)28-13-19-17(10-18(28)22(32)25-9-8-21(30)31)26-14-27(19)12-15-6-4-5-7-16(15)24/h4-7,14,18H,8-13H2,1-3H3,(H,25,32)(H,30,31). The summed E-state index contributed by atoms with van der Waals surface area (Å²) in [5, 5.41) is 12.1. The predicted molar refractivity (Wildman–Crippen MR) is 120 cm³/mol. The van der Waals surface area contributed by atoms with Crippen LogP contribution in [0.5, 0.6) is 0 Å². The van der Waals surface area contributed by atoms with E-state index in [-0.39, 0.29) is 43.2 Å². The Labute approximate surface area is 192 Å². The molecule has 0 aliphatic carbocycles. The zero-order valence-corrected chi connectivity index (χ0v) is 19.4. The highest BCUT2D eigenvalue weighted by Gasteiger charge is 2.37. The zero-order chi connectivity index (χ0) is 23.5. The van der Waals surface area contributed by atoms with Gasteiger partial charge in [0.1, 0.15) is 6.04 Å². The Morgan fingerprint density at radius 2 is 1.97 bits per heavy atom. The lowest BCUT2D eigenvalue weighted by molar-refractivity contribution is -0.143. The maximum absolute atomic E-state index is 13.2. The van der Waals surface area contributed by atoms with Gasteiger partial charge in [0, 0.05) is 24.4 Å². The molecule has 0 fully saturated rings. The average molecular weight is 461 g/mol. The van der Waals surface area contributed by atoms with Crippen LogP contribution in [0.25, 0.3) is 0 Å². The molecule has 3 rings (SSSR count). The van der Waals surface area contributed by atoms with Crippen LogP contribution in [0.15, 0.2) is 30.6 Å². The number of carbonyl (C=O) groups excluding carboxylic acids is 2. The van der Waals surface area contributed by atoms with Crippen molar-refractivity contribution < 1.29 is 19.5 Å². The number of halogens is 1. The van der Waals surface area contributed by atoms with Gasteiger partial charge in [0.2, 0.25) is 11.8 Å². The number of imidazole rings is 1. The van der Waals surface area contributed by atoms with Crippen LogP contribution in [0.2, 0.25) is 5.02 Å². The van der Waals surface area contributed by atoms with Gasteiger partial charge in [-0.25, -0.2) is 4.98 Å². The number of nitrogens with zero attached hydrogens (tertiary/aromatic N) is 3. The largest absolute Gasteiger partial charge is 0.481 e. The lowest BCUT2D eigenvalue weighted by Crippen LogP contribution is -2.53. The van der Waals surface area contributed by atoms with Crippen LogP contribution in [-0.2, 0) is 33.9 Å². The molecule has 0 bridgehead atoms. The van der Waals surface area contributed by atoms with Crippen molar-refractivity contribution in [3.63, 3.8) is 0 Å². The molecular formula is C23H29ClN4O4. The van der Waals surface area contributed by atoms with Crippen LogP contribution in [0, 0.1) is 5.41 Å². The van der Waals surface area contributed by atoms with Gasteiger partial charge in [-0.3, -0.25) is 14.4 Å². The highest BCUT2D eigenvalue weighted by atomic mass is 35.5. The van der Waals surface area contributed by atoms with Crippen LogP contribution in [0.4, 0.5) is 0 Å². The number of nitrogens with one attached hydrogen (secondary N) is 1. The van der Waals surface area contributed by atoms with Gasteiger partial charge in [-0.05, 0) is 17.0 Å².